The quantitative estimate of drug-likeness (QED) is 0.767. The summed E-state index contributed by atoms with van der Waals surface area (Å²) in [6.07, 6.45) is 0. The molecular formula is C15H26N2O. The zero-order valence-electron chi connectivity index (χ0n) is 12.1. The van der Waals surface area contributed by atoms with Crippen molar-refractivity contribution in [1.82, 2.24) is 5.32 Å². The third-order valence-electron chi connectivity index (χ3n) is 2.96. The van der Waals surface area contributed by atoms with E-state index in [2.05, 4.69) is 55.3 Å². The monoisotopic (exact) mass is 250 g/mol. The Kier molecular flexibility index (Phi) is 6.76. The van der Waals surface area contributed by atoms with Crippen molar-refractivity contribution in [2.75, 3.05) is 31.7 Å². The highest BCUT2D eigenvalue weighted by atomic mass is 16.5. The Morgan fingerprint density at radius 2 is 1.89 bits per heavy atom. The molecule has 0 fully saturated rings. The van der Waals surface area contributed by atoms with E-state index in [0.717, 1.165) is 26.2 Å². The van der Waals surface area contributed by atoms with Gasteiger partial charge in [0, 0.05) is 38.5 Å². The van der Waals surface area contributed by atoms with E-state index in [1.807, 2.05) is 0 Å². The van der Waals surface area contributed by atoms with Crippen molar-refractivity contribution in [3.63, 3.8) is 0 Å². The van der Waals surface area contributed by atoms with Gasteiger partial charge in [0.1, 0.15) is 0 Å². The summed E-state index contributed by atoms with van der Waals surface area (Å²) in [5.74, 6) is 0. The van der Waals surface area contributed by atoms with Crippen LogP contribution in [0.1, 0.15) is 26.3 Å². The van der Waals surface area contributed by atoms with Crippen LogP contribution in [-0.4, -0.2) is 32.8 Å². The number of nitrogens with zero attached hydrogens (tertiary/aromatic N) is 1. The van der Waals surface area contributed by atoms with Gasteiger partial charge in [-0.1, -0.05) is 26.0 Å². The minimum Gasteiger partial charge on any atom is -0.383 e. The molecular weight excluding hydrogens is 224 g/mol. The van der Waals surface area contributed by atoms with Crippen LogP contribution in [0.25, 0.3) is 0 Å². The predicted octanol–water partition coefficient (Wildman–Crippen LogP) is 2.66. The first-order valence-electron chi connectivity index (χ1n) is 6.73. The van der Waals surface area contributed by atoms with Gasteiger partial charge in [-0.15, -0.1) is 0 Å². The molecule has 102 valence electrons. The number of benzene rings is 1. The molecule has 3 nitrogen and oxygen atoms in total. The Balaban J connectivity index is 2.57. The maximum Gasteiger partial charge on any atom is 0.0637 e. The maximum absolute atomic E-state index is 5.13. The normalized spacial score (nSPS) is 10.9. The minimum absolute atomic E-state index is 0.526. The highest BCUT2D eigenvalue weighted by Crippen LogP contribution is 2.15. The van der Waals surface area contributed by atoms with Crippen LogP contribution in [0.2, 0.25) is 0 Å². The van der Waals surface area contributed by atoms with Crippen LogP contribution in [0, 0.1) is 0 Å². The topological polar surface area (TPSA) is 24.5 Å². The Bertz CT molecular complexity index is 322. The second-order valence-corrected chi connectivity index (χ2v) is 4.77. The molecule has 0 bridgehead atoms. The molecule has 0 aromatic heterocycles. The van der Waals surface area contributed by atoms with Gasteiger partial charge in [0.05, 0.1) is 6.61 Å². The number of hydrogen-bond donors (Lipinski definition) is 1. The first kappa shape index (κ1) is 15.0. The minimum atomic E-state index is 0.526. The highest BCUT2D eigenvalue weighted by Gasteiger charge is 2.03. The second-order valence-electron chi connectivity index (χ2n) is 4.77. The lowest BCUT2D eigenvalue weighted by molar-refractivity contribution is 0.205. The van der Waals surface area contributed by atoms with E-state index in [9.17, 15) is 0 Å². The molecule has 0 saturated heterocycles. The zero-order valence-corrected chi connectivity index (χ0v) is 12.1. The molecule has 3 heteroatoms. The fraction of sp³-hybridized carbons (Fsp3) is 0.600. The number of ether oxygens (including phenoxy) is 1. The van der Waals surface area contributed by atoms with Gasteiger partial charge in [-0.25, -0.2) is 0 Å². The fourth-order valence-electron chi connectivity index (χ4n) is 1.82. The third-order valence-corrected chi connectivity index (χ3v) is 2.96. The fourth-order valence-corrected chi connectivity index (χ4v) is 1.82. The van der Waals surface area contributed by atoms with Crippen molar-refractivity contribution in [3.8, 4) is 0 Å². The summed E-state index contributed by atoms with van der Waals surface area (Å²) in [7, 11) is 1.74. The van der Waals surface area contributed by atoms with E-state index in [-0.39, 0.29) is 0 Å². The Labute approximate surface area is 111 Å². The molecule has 0 aliphatic rings. The van der Waals surface area contributed by atoms with E-state index in [0.29, 0.717) is 6.04 Å². The summed E-state index contributed by atoms with van der Waals surface area (Å²) < 4.78 is 5.13. The van der Waals surface area contributed by atoms with Crippen LogP contribution >= 0.6 is 0 Å². The molecule has 0 unspecified atom stereocenters. The lowest BCUT2D eigenvalue weighted by atomic mass is 10.2. The van der Waals surface area contributed by atoms with Gasteiger partial charge in [-0.2, -0.15) is 0 Å². The number of methoxy groups -OCH3 is 1. The van der Waals surface area contributed by atoms with Crippen molar-refractivity contribution in [2.45, 2.75) is 33.4 Å². The summed E-state index contributed by atoms with van der Waals surface area (Å²) in [4.78, 5) is 2.32. The van der Waals surface area contributed by atoms with E-state index in [1.165, 1.54) is 11.3 Å². The molecule has 1 N–H and O–H groups in total. The summed E-state index contributed by atoms with van der Waals surface area (Å²) >= 11 is 0. The van der Waals surface area contributed by atoms with Gasteiger partial charge in [-0.3, -0.25) is 0 Å². The Hall–Kier alpha value is -1.06. The second kappa shape index (κ2) is 8.11. The lowest BCUT2D eigenvalue weighted by Gasteiger charge is -2.23. The van der Waals surface area contributed by atoms with E-state index in [1.54, 1.807) is 7.11 Å². The molecule has 0 amide bonds. The van der Waals surface area contributed by atoms with Gasteiger partial charge < -0.3 is 15.0 Å². The molecule has 0 heterocycles. The first-order valence-corrected chi connectivity index (χ1v) is 6.73. The summed E-state index contributed by atoms with van der Waals surface area (Å²) in [5, 5.41) is 3.43. The molecule has 0 atom stereocenters. The van der Waals surface area contributed by atoms with Crippen molar-refractivity contribution in [2.24, 2.45) is 0 Å². The zero-order chi connectivity index (χ0) is 13.4. The number of likely N-dealkylation sites (N-methyl/N-ethyl adjacent to an activating group) is 1. The number of anilines is 1. The maximum atomic E-state index is 5.13. The third kappa shape index (κ3) is 5.07. The molecule has 0 aliphatic heterocycles. The van der Waals surface area contributed by atoms with E-state index in [4.69, 9.17) is 4.74 Å². The SMILES string of the molecule is CCN(CCOC)c1ccc(CNC(C)C)cc1. The number of nitrogens with one attached hydrogen (secondary N) is 1. The van der Waals surface area contributed by atoms with Crippen LogP contribution in [0.5, 0.6) is 0 Å². The molecule has 0 saturated carbocycles. The average Bonchev–Trinajstić information content (AvgIpc) is 2.38. The summed E-state index contributed by atoms with van der Waals surface area (Å²) in [6, 6.07) is 9.30. The Morgan fingerprint density at radius 1 is 1.22 bits per heavy atom. The highest BCUT2D eigenvalue weighted by molar-refractivity contribution is 5.47. The van der Waals surface area contributed by atoms with E-state index >= 15 is 0 Å². The average molecular weight is 250 g/mol. The van der Waals surface area contributed by atoms with Gasteiger partial charge in [0.2, 0.25) is 0 Å². The van der Waals surface area contributed by atoms with Crippen molar-refractivity contribution < 1.29 is 4.74 Å². The van der Waals surface area contributed by atoms with Gasteiger partial charge in [-0.05, 0) is 24.6 Å². The first-order chi connectivity index (χ1) is 8.67. The Morgan fingerprint density at radius 3 is 2.39 bits per heavy atom. The van der Waals surface area contributed by atoms with Gasteiger partial charge >= 0.3 is 0 Å². The molecule has 18 heavy (non-hydrogen) atoms. The molecule has 0 radical (unpaired) electrons. The summed E-state index contributed by atoms with van der Waals surface area (Å²) in [5.41, 5.74) is 2.60. The molecule has 1 aromatic carbocycles. The van der Waals surface area contributed by atoms with Crippen LogP contribution < -0.4 is 10.2 Å². The van der Waals surface area contributed by atoms with Crippen LogP contribution in [0.15, 0.2) is 24.3 Å². The van der Waals surface area contributed by atoms with Gasteiger partial charge in [0.15, 0.2) is 0 Å². The van der Waals surface area contributed by atoms with Crippen LogP contribution in [0.3, 0.4) is 0 Å². The number of rotatable bonds is 8. The van der Waals surface area contributed by atoms with Crippen molar-refractivity contribution in [3.05, 3.63) is 29.8 Å². The molecule has 0 spiro atoms. The molecule has 1 rings (SSSR count). The molecule has 0 aliphatic carbocycles. The standard InChI is InChI=1S/C15H26N2O/c1-5-17(10-11-18-4)15-8-6-14(7-9-15)12-16-13(2)3/h6-9,13,16H,5,10-12H2,1-4H3. The van der Waals surface area contributed by atoms with E-state index < -0.39 is 0 Å². The predicted molar refractivity (Wildman–Crippen MR) is 78.2 cm³/mol. The lowest BCUT2D eigenvalue weighted by Crippen LogP contribution is -2.26. The number of hydrogen-bond acceptors (Lipinski definition) is 3. The largest absolute Gasteiger partial charge is 0.383 e. The van der Waals surface area contributed by atoms with Gasteiger partial charge in [0.25, 0.3) is 0 Å². The summed E-state index contributed by atoms with van der Waals surface area (Å²) in [6.45, 7) is 10.1. The van der Waals surface area contributed by atoms with Crippen LogP contribution in [-0.2, 0) is 11.3 Å². The molecule has 1 aromatic rings. The van der Waals surface area contributed by atoms with Crippen molar-refractivity contribution >= 4 is 5.69 Å². The van der Waals surface area contributed by atoms with Crippen LogP contribution in [0.4, 0.5) is 5.69 Å². The smallest absolute Gasteiger partial charge is 0.0637 e. The van der Waals surface area contributed by atoms with Crippen molar-refractivity contribution in [1.29, 1.82) is 0 Å².